The van der Waals surface area contributed by atoms with Crippen molar-refractivity contribution in [3.8, 4) is 0 Å². The van der Waals surface area contributed by atoms with Crippen LogP contribution in [0.4, 0.5) is 5.82 Å². The minimum Gasteiger partial charge on any atom is -0.356 e. The van der Waals surface area contributed by atoms with Crippen LogP contribution in [0.5, 0.6) is 0 Å². The third-order valence-electron chi connectivity index (χ3n) is 5.29. The standard InChI is InChI=1S/C17H23N5OS.2ClH/c18-6-1-7-22-14-4-8-21(10-12(14)2-3-15(22)23)16-13-5-9-24-17(13)20-11-19-16;;/h5,9,11-12,14H,1-4,6-8,10,18H2;2*1H/t12-,14+;;/m0../s1. The summed E-state index contributed by atoms with van der Waals surface area (Å²) < 4.78 is 0. The van der Waals surface area contributed by atoms with Crippen LogP contribution in [0, 0.1) is 5.92 Å². The smallest absolute Gasteiger partial charge is 0.222 e. The Morgan fingerprint density at radius 2 is 2.12 bits per heavy atom. The molecule has 144 valence electrons. The zero-order valence-corrected chi connectivity index (χ0v) is 17.0. The molecule has 0 aromatic carbocycles. The second-order valence-corrected chi connectivity index (χ2v) is 7.56. The van der Waals surface area contributed by atoms with Crippen molar-refractivity contribution in [2.75, 3.05) is 31.1 Å². The number of amides is 1. The largest absolute Gasteiger partial charge is 0.356 e. The molecule has 2 atom stereocenters. The van der Waals surface area contributed by atoms with Crippen molar-refractivity contribution in [1.82, 2.24) is 14.9 Å². The zero-order chi connectivity index (χ0) is 16.5. The average molecular weight is 418 g/mol. The molecule has 0 unspecified atom stereocenters. The number of nitrogens with zero attached hydrogens (tertiary/aromatic N) is 4. The van der Waals surface area contributed by atoms with Gasteiger partial charge in [-0.25, -0.2) is 9.97 Å². The summed E-state index contributed by atoms with van der Waals surface area (Å²) in [5.74, 6) is 1.88. The Bertz CT molecular complexity index is 743. The molecule has 2 saturated heterocycles. The van der Waals surface area contributed by atoms with Crippen LogP contribution < -0.4 is 10.6 Å². The molecule has 0 radical (unpaired) electrons. The van der Waals surface area contributed by atoms with Crippen LogP contribution in [0.15, 0.2) is 17.8 Å². The molecule has 26 heavy (non-hydrogen) atoms. The topological polar surface area (TPSA) is 75.3 Å². The molecular formula is C17H25Cl2N5OS. The molecule has 2 aliphatic heterocycles. The number of anilines is 1. The van der Waals surface area contributed by atoms with Crippen LogP contribution >= 0.6 is 36.2 Å². The highest BCUT2D eigenvalue weighted by atomic mass is 35.5. The number of likely N-dealkylation sites (tertiary alicyclic amines) is 1. The highest BCUT2D eigenvalue weighted by Gasteiger charge is 2.39. The Labute approximate surface area is 170 Å². The molecule has 4 rings (SSSR count). The Morgan fingerprint density at radius 1 is 1.27 bits per heavy atom. The van der Waals surface area contributed by atoms with Gasteiger partial charge < -0.3 is 15.5 Å². The van der Waals surface area contributed by atoms with Crippen molar-refractivity contribution in [3.63, 3.8) is 0 Å². The van der Waals surface area contributed by atoms with Gasteiger partial charge in [-0.2, -0.15) is 0 Å². The van der Waals surface area contributed by atoms with E-state index in [1.807, 2.05) is 0 Å². The number of fused-ring (bicyclic) bond motifs is 2. The van der Waals surface area contributed by atoms with Crippen molar-refractivity contribution >= 4 is 58.1 Å². The molecule has 0 spiro atoms. The fourth-order valence-electron chi connectivity index (χ4n) is 4.12. The fraction of sp³-hybridized carbons (Fsp3) is 0.588. The van der Waals surface area contributed by atoms with Crippen LogP contribution in [0.2, 0.25) is 0 Å². The van der Waals surface area contributed by atoms with Crippen LogP contribution in [0.3, 0.4) is 0 Å². The first-order valence-corrected chi connectivity index (χ1v) is 9.58. The number of hydrogen-bond acceptors (Lipinski definition) is 6. The molecule has 9 heteroatoms. The zero-order valence-electron chi connectivity index (χ0n) is 14.5. The third kappa shape index (κ3) is 3.91. The molecule has 4 heterocycles. The molecule has 6 nitrogen and oxygen atoms in total. The summed E-state index contributed by atoms with van der Waals surface area (Å²) in [5, 5.41) is 3.22. The van der Waals surface area contributed by atoms with Crippen molar-refractivity contribution < 1.29 is 4.79 Å². The van der Waals surface area contributed by atoms with Gasteiger partial charge in [0.1, 0.15) is 17.0 Å². The first-order valence-electron chi connectivity index (χ1n) is 8.70. The van der Waals surface area contributed by atoms with Crippen LogP contribution in [0.25, 0.3) is 10.2 Å². The fourth-order valence-corrected chi connectivity index (χ4v) is 4.85. The van der Waals surface area contributed by atoms with Crippen LogP contribution in [-0.4, -0.2) is 53.0 Å². The van der Waals surface area contributed by atoms with Crippen molar-refractivity contribution in [2.24, 2.45) is 11.7 Å². The number of nitrogens with two attached hydrogens (primary N) is 1. The Balaban J connectivity index is 0.00000121. The minimum atomic E-state index is 0. The lowest BCUT2D eigenvalue weighted by molar-refractivity contribution is -0.139. The number of carbonyl (C=O) groups excluding carboxylic acids is 1. The van der Waals surface area contributed by atoms with Crippen molar-refractivity contribution in [1.29, 1.82) is 0 Å². The highest BCUT2D eigenvalue weighted by molar-refractivity contribution is 7.16. The van der Waals surface area contributed by atoms with Gasteiger partial charge in [-0.05, 0) is 43.2 Å². The van der Waals surface area contributed by atoms with Gasteiger partial charge >= 0.3 is 0 Å². The monoisotopic (exact) mass is 417 g/mol. The lowest BCUT2D eigenvalue weighted by atomic mass is 9.83. The average Bonchev–Trinajstić information content (AvgIpc) is 3.09. The summed E-state index contributed by atoms with van der Waals surface area (Å²) in [7, 11) is 0. The Hall–Kier alpha value is -1.15. The molecular weight excluding hydrogens is 393 g/mol. The number of halogens is 2. The molecule has 2 aromatic heterocycles. The molecule has 2 aromatic rings. The summed E-state index contributed by atoms with van der Waals surface area (Å²) in [5.41, 5.74) is 5.64. The quantitative estimate of drug-likeness (QED) is 0.827. The summed E-state index contributed by atoms with van der Waals surface area (Å²) in [6.07, 6.45) is 5.21. The van der Waals surface area contributed by atoms with E-state index in [1.165, 1.54) is 0 Å². The molecule has 2 fully saturated rings. The SMILES string of the molecule is Cl.Cl.NCCCN1C(=O)CC[C@H]2CN(c3ncnc4sccc34)CC[C@H]21. The molecule has 1 amide bonds. The minimum absolute atomic E-state index is 0. The van der Waals surface area contributed by atoms with Gasteiger partial charge in [-0.15, -0.1) is 36.2 Å². The van der Waals surface area contributed by atoms with E-state index in [4.69, 9.17) is 5.73 Å². The number of thiophene rings is 1. The van der Waals surface area contributed by atoms with E-state index >= 15 is 0 Å². The number of rotatable bonds is 4. The van der Waals surface area contributed by atoms with E-state index in [0.29, 0.717) is 30.8 Å². The van der Waals surface area contributed by atoms with Gasteiger partial charge in [0.25, 0.3) is 0 Å². The summed E-state index contributed by atoms with van der Waals surface area (Å²) in [6.45, 7) is 3.36. The van der Waals surface area contributed by atoms with E-state index < -0.39 is 0 Å². The lowest BCUT2D eigenvalue weighted by Crippen LogP contribution is -2.56. The van der Waals surface area contributed by atoms with Crippen molar-refractivity contribution in [2.45, 2.75) is 31.7 Å². The predicted molar refractivity (Wildman–Crippen MR) is 111 cm³/mol. The summed E-state index contributed by atoms with van der Waals surface area (Å²) >= 11 is 1.66. The lowest BCUT2D eigenvalue weighted by Gasteiger charge is -2.47. The molecule has 2 N–H and O–H groups in total. The van der Waals surface area contributed by atoms with E-state index in [9.17, 15) is 4.79 Å². The van der Waals surface area contributed by atoms with Gasteiger partial charge in [-0.1, -0.05) is 0 Å². The Kier molecular flexibility index (Phi) is 7.46. The first kappa shape index (κ1) is 21.2. The second-order valence-electron chi connectivity index (χ2n) is 6.67. The maximum atomic E-state index is 12.3. The van der Waals surface area contributed by atoms with E-state index in [2.05, 4.69) is 31.2 Å². The summed E-state index contributed by atoms with van der Waals surface area (Å²) in [6, 6.07) is 2.48. The van der Waals surface area contributed by atoms with Gasteiger partial charge in [-0.3, -0.25) is 4.79 Å². The molecule has 0 bridgehead atoms. The number of carbonyl (C=O) groups is 1. The number of aromatic nitrogens is 2. The number of hydrogen-bond donors (Lipinski definition) is 1. The molecule has 0 saturated carbocycles. The van der Waals surface area contributed by atoms with Gasteiger partial charge in [0, 0.05) is 32.1 Å². The van der Waals surface area contributed by atoms with Gasteiger partial charge in [0.05, 0.1) is 5.39 Å². The van der Waals surface area contributed by atoms with Crippen molar-refractivity contribution in [3.05, 3.63) is 17.8 Å². The number of piperidine rings is 2. The second kappa shape index (κ2) is 9.17. The first-order chi connectivity index (χ1) is 11.8. The van der Waals surface area contributed by atoms with E-state index in [0.717, 1.165) is 54.9 Å². The molecule has 2 aliphatic rings. The van der Waals surface area contributed by atoms with Crippen LogP contribution in [-0.2, 0) is 4.79 Å². The third-order valence-corrected chi connectivity index (χ3v) is 6.11. The molecule has 0 aliphatic carbocycles. The van der Waals surface area contributed by atoms with Gasteiger partial charge in [0.15, 0.2) is 0 Å². The summed E-state index contributed by atoms with van der Waals surface area (Å²) in [4.78, 5) is 26.7. The Morgan fingerprint density at radius 3 is 2.92 bits per heavy atom. The van der Waals surface area contributed by atoms with E-state index in [-0.39, 0.29) is 24.8 Å². The normalized spacial score (nSPS) is 22.6. The van der Waals surface area contributed by atoms with Crippen LogP contribution in [0.1, 0.15) is 25.7 Å². The van der Waals surface area contributed by atoms with Gasteiger partial charge in [0.2, 0.25) is 5.91 Å². The maximum absolute atomic E-state index is 12.3. The predicted octanol–water partition coefficient (Wildman–Crippen LogP) is 2.70. The highest BCUT2D eigenvalue weighted by Crippen LogP contribution is 2.35. The van der Waals surface area contributed by atoms with E-state index in [1.54, 1.807) is 17.7 Å². The maximum Gasteiger partial charge on any atom is 0.222 e.